The number of ether oxygens (including phenoxy) is 1. The molecule has 3 heteroatoms. The van der Waals surface area contributed by atoms with Crippen LogP contribution in [-0.4, -0.2) is 16.7 Å². The number of nitrogens with zero attached hydrogens (tertiary/aromatic N) is 2. The highest BCUT2D eigenvalue weighted by atomic mass is 16.5. The van der Waals surface area contributed by atoms with Crippen LogP contribution in [0.4, 0.5) is 0 Å². The topological polar surface area (TPSA) is 27.1 Å². The first-order chi connectivity index (χ1) is 8.40. The monoisotopic (exact) mass is 228 g/mol. The molecule has 2 aromatic rings. The summed E-state index contributed by atoms with van der Waals surface area (Å²) in [4.78, 5) is 4.06. The van der Waals surface area contributed by atoms with Crippen molar-refractivity contribution in [2.75, 3.05) is 7.11 Å². The Bertz CT molecular complexity index is 504. The Morgan fingerprint density at radius 3 is 2.88 bits per heavy atom. The Morgan fingerprint density at radius 2 is 2.12 bits per heavy atom. The first-order valence-electron chi connectivity index (χ1n) is 6.03. The predicted molar refractivity (Wildman–Crippen MR) is 66.3 cm³/mol. The molecule has 1 unspecified atom stereocenters. The highest BCUT2D eigenvalue weighted by molar-refractivity contribution is 5.38. The molecule has 0 saturated heterocycles. The van der Waals surface area contributed by atoms with Crippen LogP contribution < -0.4 is 0 Å². The van der Waals surface area contributed by atoms with Crippen molar-refractivity contribution in [3.8, 4) is 5.69 Å². The van der Waals surface area contributed by atoms with Gasteiger partial charge in [-0.15, -0.1) is 0 Å². The zero-order valence-corrected chi connectivity index (χ0v) is 9.97. The standard InChI is InChI=1S/C14H16N2O/c1-17-13-4-2-3-11-7-10-16(14(11)13)12-5-8-15-9-6-12/h5-10,13H,2-4H2,1H3. The number of hydrogen-bond donors (Lipinski definition) is 0. The summed E-state index contributed by atoms with van der Waals surface area (Å²) in [6.45, 7) is 0. The van der Waals surface area contributed by atoms with Crippen molar-refractivity contribution in [1.82, 2.24) is 9.55 Å². The Labute approximate surface area is 101 Å². The third-order valence-electron chi connectivity index (χ3n) is 3.46. The van der Waals surface area contributed by atoms with Gasteiger partial charge in [0.25, 0.3) is 0 Å². The SMILES string of the molecule is COC1CCCc2ccn(-c3ccncc3)c21. The molecule has 3 rings (SSSR count). The van der Waals surface area contributed by atoms with E-state index < -0.39 is 0 Å². The van der Waals surface area contributed by atoms with Crippen molar-refractivity contribution < 1.29 is 4.74 Å². The second-order valence-electron chi connectivity index (χ2n) is 4.42. The van der Waals surface area contributed by atoms with E-state index in [-0.39, 0.29) is 6.10 Å². The number of fused-ring (bicyclic) bond motifs is 1. The quantitative estimate of drug-likeness (QED) is 0.790. The van der Waals surface area contributed by atoms with E-state index in [9.17, 15) is 0 Å². The van der Waals surface area contributed by atoms with Gasteiger partial charge in [0.05, 0.1) is 11.8 Å². The molecule has 1 aliphatic rings. The Morgan fingerprint density at radius 1 is 1.29 bits per heavy atom. The van der Waals surface area contributed by atoms with Gasteiger partial charge in [-0.3, -0.25) is 4.98 Å². The summed E-state index contributed by atoms with van der Waals surface area (Å²) in [6, 6.07) is 6.27. The van der Waals surface area contributed by atoms with Gasteiger partial charge in [0.2, 0.25) is 0 Å². The summed E-state index contributed by atoms with van der Waals surface area (Å²) >= 11 is 0. The molecule has 0 spiro atoms. The molecule has 0 bridgehead atoms. The minimum atomic E-state index is 0.224. The molecule has 0 saturated carbocycles. The average molecular weight is 228 g/mol. The molecule has 0 N–H and O–H groups in total. The lowest BCUT2D eigenvalue weighted by molar-refractivity contribution is 0.0832. The summed E-state index contributed by atoms with van der Waals surface area (Å²) in [5, 5.41) is 0. The van der Waals surface area contributed by atoms with E-state index in [2.05, 4.69) is 21.8 Å². The molecular weight excluding hydrogens is 212 g/mol. The minimum Gasteiger partial charge on any atom is -0.375 e. The maximum Gasteiger partial charge on any atom is 0.0977 e. The molecule has 2 heterocycles. The second kappa shape index (κ2) is 4.34. The maximum absolute atomic E-state index is 5.60. The lowest BCUT2D eigenvalue weighted by Crippen LogP contribution is -2.14. The van der Waals surface area contributed by atoms with Gasteiger partial charge in [-0.25, -0.2) is 0 Å². The Kier molecular flexibility index (Phi) is 2.69. The van der Waals surface area contributed by atoms with Gasteiger partial charge in [-0.1, -0.05) is 0 Å². The van der Waals surface area contributed by atoms with Crippen molar-refractivity contribution >= 4 is 0 Å². The van der Waals surface area contributed by atoms with Crippen molar-refractivity contribution in [2.24, 2.45) is 0 Å². The van der Waals surface area contributed by atoms with E-state index in [0.717, 1.165) is 18.5 Å². The number of rotatable bonds is 2. The zero-order chi connectivity index (χ0) is 11.7. The third kappa shape index (κ3) is 1.76. The molecular formula is C14H16N2O. The van der Waals surface area contributed by atoms with Crippen molar-refractivity contribution in [1.29, 1.82) is 0 Å². The fraction of sp³-hybridized carbons (Fsp3) is 0.357. The molecule has 88 valence electrons. The van der Waals surface area contributed by atoms with Gasteiger partial charge in [0, 0.05) is 31.4 Å². The number of aromatic nitrogens is 2. The van der Waals surface area contributed by atoms with Gasteiger partial charge in [-0.2, -0.15) is 0 Å². The van der Waals surface area contributed by atoms with E-state index >= 15 is 0 Å². The van der Waals surface area contributed by atoms with Crippen LogP contribution in [0.5, 0.6) is 0 Å². The van der Waals surface area contributed by atoms with Crippen molar-refractivity contribution in [3.63, 3.8) is 0 Å². The molecule has 2 aromatic heterocycles. The molecule has 0 radical (unpaired) electrons. The van der Waals surface area contributed by atoms with Crippen LogP contribution >= 0.6 is 0 Å². The lowest BCUT2D eigenvalue weighted by Gasteiger charge is -2.24. The summed E-state index contributed by atoms with van der Waals surface area (Å²) in [5.41, 5.74) is 3.88. The Balaban J connectivity index is 2.10. The molecule has 0 amide bonds. The van der Waals surface area contributed by atoms with Crippen molar-refractivity contribution in [3.05, 3.63) is 48.0 Å². The molecule has 17 heavy (non-hydrogen) atoms. The normalized spacial score (nSPS) is 19.0. The van der Waals surface area contributed by atoms with E-state index in [0.29, 0.717) is 0 Å². The van der Waals surface area contributed by atoms with Gasteiger partial charge in [-0.05, 0) is 43.0 Å². The van der Waals surface area contributed by atoms with E-state index in [4.69, 9.17) is 4.74 Å². The summed E-state index contributed by atoms with van der Waals surface area (Å²) < 4.78 is 7.83. The minimum absolute atomic E-state index is 0.224. The van der Waals surface area contributed by atoms with Gasteiger partial charge in [0.15, 0.2) is 0 Å². The fourth-order valence-electron chi connectivity index (χ4n) is 2.63. The molecule has 0 aromatic carbocycles. The number of aryl methyl sites for hydroxylation is 1. The van der Waals surface area contributed by atoms with Crippen LogP contribution in [0, 0.1) is 0 Å². The average Bonchev–Trinajstić information content (AvgIpc) is 2.83. The van der Waals surface area contributed by atoms with E-state index in [1.54, 1.807) is 7.11 Å². The number of hydrogen-bond acceptors (Lipinski definition) is 2. The second-order valence-corrected chi connectivity index (χ2v) is 4.42. The predicted octanol–water partition coefficient (Wildman–Crippen LogP) is 2.90. The van der Waals surface area contributed by atoms with Crippen molar-refractivity contribution in [2.45, 2.75) is 25.4 Å². The largest absolute Gasteiger partial charge is 0.375 e. The highest BCUT2D eigenvalue weighted by Crippen LogP contribution is 2.34. The first-order valence-corrected chi connectivity index (χ1v) is 6.03. The van der Waals surface area contributed by atoms with Gasteiger partial charge < -0.3 is 9.30 Å². The van der Waals surface area contributed by atoms with E-state index in [1.807, 2.05) is 24.5 Å². The summed E-state index contributed by atoms with van der Waals surface area (Å²) in [5.74, 6) is 0. The number of pyridine rings is 1. The van der Waals surface area contributed by atoms with Crippen LogP contribution in [0.25, 0.3) is 5.69 Å². The van der Waals surface area contributed by atoms with E-state index in [1.165, 1.54) is 17.7 Å². The van der Waals surface area contributed by atoms with Crippen LogP contribution in [0.2, 0.25) is 0 Å². The van der Waals surface area contributed by atoms with Crippen LogP contribution in [0.3, 0.4) is 0 Å². The summed E-state index contributed by atoms with van der Waals surface area (Å²) in [7, 11) is 1.80. The summed E-state index contributed by atoms with van der Waals surface area (Å²) in [6.07, 6.45) is 9.50. The zero-order valence-electron chi connectivity index (χ0n) is 9.97. The smallest absolute Gasteiger partial charge is 0.0977 e. The molecule has 1 atom stereocenters. The van der Waals surface area contributed by atoms with Crippen LogP contribution in [0.15, 0.2) is 36.8 Å². The Hall–Kier alpha value is -1.61. The van der Waals surface area contributed by atoms with Crippen LogP contribution in [0.1, 0.15) is 30.2 Å². The van der Waals surface area contributed by atoms with Gasteiger partial charge >= 0.3 is 0 Å². The first kappa shape index (κ1) is 10.5. The molecule has 0 aliphatic heterocycles. The van der Waals surface area contributed by atoms with Crippen LogP contribution in [-0.2, 0) is 11.2 Å². The molecule has 3 nitrogen and oxygen atoms in total. The molecule has 0 fully saturated rings. The third-order valence-corrected chi connectivity index (χ3v) is 3.46. The number of methoxy groups -OCH3 is 1. The van der Waals surface area contributed by atoms with Gasteiger partial charge in [0.1, 0.15) is 0 Å². The highest BCUT2D eigenvalue weighted by Gasteiger charge is 2.23. The molecule has 1 aliphatic carbocycles. The maximum atomic E-state index is 5.60. The lowest BCUT2D eigenvalue weighted by atomic mass is 9.95. The fourth-order valence-corrected chi connectivity index (χ4v) is 2.63.